The highest BCUT2D eigenvalue weighted by atomic mass is 16.6. The van der Waals surface area contributed by atoms with Crippen molar-refractivity contribution in [2.24, 2.45) is 5.92 Å². The van der Waals surface area contributed by atoms with Gasteiger partial charge >= 0.3 is 5.97 Å². The predicted molar refractivity (Wildman–Crippen MR) is 130 cm³/mol. The van der Waals surface area contributed by atoms with Crippen LogP contribution in [0.1, 0.15) is 27.1 Å². The maximum absolute atomic E-state index is 13.0. The molecule has 0 radical (unpaired) electrons. The molecular formula is C26H19N3O8. The summed E-state index contributed by atoms with van der Waals surface area (Å²) in [5, 5.41) is 11.4. The zero-order valence-electron chi connectivity index (χ0n) is 19.5. The van der Waals surface area contributed by atoms with Gasteiger partial charge in [0.25, 0.3) is 17.5 Å². The van der Waals surface area contributed by atoms with Crippen LogP contribution in [0.2, 0.25) is 0 Å². The Bertz CT molecular complexity index is 1480. The van der Waals surface area contributed by atoms with E-state index in [-0.39, 0.29) is 41.4 Å². The lowest BCUT2D eigenvalue weighted by Crippen LogP contribution is -2.29. The molecule has 1 fully saturated rings. The van der Waals surface area contributed by atoms with Crippen LogP contribution in [0.4, 0.5) is 17.1 Å². The second kappa shape index (κ2) is 9.19. The molecule has 0 spiro atoms. The molecule has 3 aromatic rings. The Balaban J connectivity index is 1.34. The van der Waals surface area contributed by atoms with Gasteiger partial charge in [0.15, 0.2) is 0 Å². The number of methoxy groups -OCH3 is 1. The Hall–Kier alpha value is -5.06. The van der Waals surface area contributed by atoms with Crippen LogP contribution in [0.15, 0.2) is 66.7 Å². The number of imide groups is 1. The third-order valence-corrected chi connectivity index (χ3v) is 6.22. The highest BCUT2D eigenvalue weighted by molar-refractivity contribution is 6.35. The number of fused-ring (bicyclic) bond motifs is 1. The Kier molecular flexibility index (Phi) is 5.88. The van der Waals surface area contributed by atoms with Crippen molar-refractivity contribution in [3.63, 3.8) is 0 Å². The van der Waals surface area contributed by atoms with E-state index in [0.717, 1.165) is 11.0 Å². The van der Waals surface area contributed by atoms with Crippen molar-refractivity contribution in [2.75, 3.05) is 23.5 Å². The largest absolute Gasteiger partial charge is 0.495 e. The molecule has 0 unspecified atom stereocenters. The standard InChI is InChI=1S/C26H19N3O8/c1-36-21-11-3-2-9-19(21)27-14-15(12-22(27)30)26(33)37-17-7-4-6-16(13-17)28-24(31)18-8-5-10-20(29(34)35)23(18)25(28)32/h2-11,13,15H,12,14H2,1H3/t15-/m0/s1. The van der Waals surface area contributed by atoms with Gasteiger partial charge in [0.05, 0.1) is 34.9 Å². The molecule has 2 heterocycles. The molecule has 1 saturated heterocycles. The van der Waals surface area contributed by atoms with Gasteiger partial charge in [-0.1, -0.05) is 24.3 Å². The molecule has 11 nitrogen and oxygen atoms in total. The van der Waals surface area contributed by atoms with E-state index < -0.39 is 34.3 Å². The average Bonchev–Trinajstić information content (AvgIpc) is 3.41. The van der Waals surface area contributed by atoms with E-state index >= 15 is 0 Å². The number of amides is 3. The number of ether oxygens (including phenoxy) is 2. The average molecular weight is 501 g/mol. The van der Waals surface area contributed by atoms with Crippen LogP contribution >= 0.6 is 0 Å². The van der Waals surface area contributed by atoms with Crippen LogP contribution in [0.25, 0.3) is 0 Å². The lowest BCUT2D eigenvalue weighted by Gasteiger charge is -2.19. The highest BCUT2D eigenvalue weighted by Gasteiger charge is 2.42. The minimum absolute atomic E-state index is 0.0525. The van der Waals surface area contributed by atoms with E-state index in [9.17, 15) is 29.3 Å². The van der Waals surface area contributed by atoms with Gasteiger partial charge in [0.2, 0.25) is 5.91 Å². The summed E-state index contributed by atoms with van der Waals surface area (Å²) < 4.78 is 10.8. The first-order valence-electron chi connectivity index (χ1n) is 11.2. The number of rotatable bonds is 6. The summed E-state index contributed by atoms with van der Waals surface area (Å²) in [6.07, 6.45) is -0.0569. The maximum atomic E-state index is 13.0. The van der Waals surface area contributed by atoms with Crippen LogP contribution < -0.4 is 19.3 Å². The van der Waals surface area contributed by atoms with E-state index in [4.69, 9.17) is 9.47 Å². The first-order valence-corrected chi connectivity index (χ1v) is 11.2. The fourth-order valence-corrected chi connectivity index (χ4v) is 4.49. The van der Waals surface area contributed by atoms with Gasteiger partial charge in [-0.15, -0.1) is 0 Å². The van der Waals surface area contributed by atoms with Gasteiger partial charge in [-0.2, -0.15) is 0 Å². The van der Waals surface area contributed by atoms with Crippen molar-refractivity contribution in [3.8, 4) is 11.5 Å². The van der Waals surface area contributed by atoms with E-state index in [1.165, 1.54) is 48.4 Å². The SMILES string of the molecule is COc1ccccc1N1C[C@@H](C(=O)Oc2cccc(N3C(=O)c4cccc([N+](=O)[O-])c4C3=O)c2)CC1=O. The van der Waals surface area contributed by atoms with Gasteiger partial charge in [-0.05, 0) is 30.3 Å². The number of anilines is 2. The number of benzene rings is 3. The Morgan fingerprint density at radius 2 is 1.76 bits per heavy atom. The number of hydrogen-bond acceptors (Lipinski definition) is 8. The summed E-state index contributed by atoms with van der Waals surface area (Å²) in [6, 6.07) is 16.5. The topological polar surface area (TPSA) is 136 Å². The molecule has 0 aliphatic carbocycles. The molecular weight excluding hydrogens is 482 g/mol. The fourth-order valence-electron chi connectivity index (χ4n) is 4.49. The van der Waals surface area contributed by atoms with E-state index in [0.29, 0.717) is 11.4 Å². The first-order chi connectivity index (χ1) is 17.8. The number of carbonyl (C=O) groups excluding carboxylic acids is 4. The second-order valence-electron chi connectivity index (χ2n) is 8.40. The monoisotopic (exact) mass is 501 g/mol. The molecule has 37 heavy (non-hydrogen) atoms. The normalized spacial score (nSPS) is 16.7. The lowest BCUT2D eigenvalue weighted by atomic mass is 10.1. The molecule has 2 aliphatic heterocycles. The smallest absolute Gasteiger partial charge is 0.316 e. The van der Waals surface area contributed by atoms with Crippen molar-refractivity contribution in [3.05, 3.63) is 88.0 Å². The van der Waals surface area contributed by atoms with E-state index in [1.807, 2.05) is 0 Å². The molecule has 186 valence electrons. The second-order valence-corrected chi connectivity index (χ2v) is 8.40. The Labute approximate surface area is 209 Å². The quantitative estimate of drug-likeness (QED) is 0.165. The number of para-hydroxylation sites is 2. The van der Waals surface area contributed by atoms with Gasteiger partial charge in [-0.3, -0.25) is 29.3 Å². The van der Waals surface area contributed by atoms with Crippen LogP contribution in [0.5, 0.6) is 11.5 Å². The van der Waals surface area contributed by atoms with Crippen molar-refractivity contribution < 1.29 is 33.6 Å². The zero-order valence-corrected chi connectivity index (χ0v) is 19.5. The number of hydrogen-bond donors (Lipinski definition) is 0. The summed E-state index contributed by atoms with van der Waals surface area (Å²) in [5.74, 6) is -2.67. The van der Waals surface area contributed by atoms with Crippen LogP contribution in [0.3, 0.4) is 0 Å². The van der Waals surface area contributed by atoms with Gasteiger partial charge in [0, 0.05) is 25.1 Å². The summed E-state index contributed by atoms with van der Waals surface area (Å²) in [5.41, 5.74) is -0.203. The van der Waals surface area contributed by atoms with Gasteiger partial charge in [0.1, 0.15) is 17.1 Å². The van der Waals surface area contributed by atoms with Gasteiger partial charge in [-0.25, -0.2) is 4.90 Å². The minimum Gasteiger partial charge on any atom is -0.495 e. The van der Waals surface area contributed by atoms with Crippen LogP contribution in [-0.2, 0) is 9.59 Å². The summed E-state index contributed by atoms with van der Waals surface area (Å²) in [7, 11) is 1.49. The predicted octanol–water partition coefficient (Wildman–Crippen LogP) is 3.36. The lowest BCUT2D eigenvalue weighted by molar-refractivity contribution is -0.385. The Morgan fingerprint density at radius 1 is 1.00 bits per heavy atom. The fraction of sp³-hybridized carbons (Fsp3) is 0.154. The zero-order chi connectivity index (χ0) is 26.3. The molecule has 3 amide bonds. The van der Waals surface area contributed by atoms with E-state index in [2.05, 4.69) is 0 Å². The molecule has 11 heteroatoms. The van der Waals surface area contributed by atoms with Crippen molar-refractivity contribution in [2.45, 2.75) is 6.42 Å². The number of carbonyl (C=O) groups is 4. The molecule has 5 rings (SSSR count). The molecule has 0 bridgehead atoms. The third kappa shape index (κ3) is 4.05. The van der Waals surface area contributed by atoms with Crippen LogP contribution in [0, 0.1) is 16.0 Å². The molecule has 3 aromatic carbocycles. The number of nitro groups is 1. The van der Waals surface area contributed by atoms with Gasteiger partial charge < -0.3 is 14.4 Å². The third-order valence-electron chi connectivity index (χ3n) is 6.22. The van der Waals surface area contributed by atoms with Crippen molar-refractivity contribution >= 4 is 40.8 Å². The number of esters is 1. The van der Waals surface area contributed by atoms with Crippen LogP contribution in [-0.4, -0.2) is 42.3 Å². The number of nitrogens with zero attached hydrogens (tertiary/aromatic N) is 3. The molecule has 2 aliphatic rings. The molecule has 1 atom stereocenters. The Morgan fingerprint density at radius 3 is 2.51 bits per heavy atom. The first kappa shape index (κ1) is 23.7. The molecule has 0 N–H and O–H groups in total. The maximum Gasteiger partial charge on any atom is 0.316 e. The summed E-state index contributed by atoms with van der Waals surface area (Å²) in [4.78, 5) is 64.3. The van der Waals surface area contributed by atoms with Crippen molar-refractivity contribution in [1.82, 2.24) is 0 Å². The minimum atomic E-state index is -0.843. The highest BCUT2D eigenvalue weighted by Crippen LogP contribution is 2.36. The number of nitro benzene ring substituents is 1. The summed E-state index contributed by atoms with van der Waals surface area (Å²) >= 11 is 0. The molecule has 0 saturated carbocycles. The van der Waals surface area contributed by atoms with E-state index in [1.54, 1.807) is 24.3 Å². The molecule has 0 aromatic heterocycles. The van der Waals surface area contributed by atoms with Crippen molar-refractivity contribution in [1.29, 1.82) is 0 Å². The summed E-state index contributed by atoms with van der Waals surface area (Å²) in [6.45, 7) is 0.0970.